The number of nitrogens with one attached hydrogen (secondary N) is 1. The molecule has 2 atom stereocenters. The first-order chi connectivity index (χ1) is 10.9. The lowest BCUT2D eigenvalue weighted by Gasteiger charge is -2.44. The highest BCUT2D eigenvalue weighted by Gasteiger charge is 2.34. The maximum atomic E-state index is 10.9. The molecule has 0 aliphatic heterocycles. The van der Waals surface area contributed by atoms with E-state index in [1.54, 1.807) is 0 Å². The number of carboxylic acids is 1. The van der Waals surface area contributed by atoms with Crippen molar-refractivity contribution >= 4 is 17.6 Å². The highest BCUT2D eigenvalue weighted by molar-refractivity contribution is 6.30. The molecule has 2 unspecified atom stereocenters. The van der Waals surface area contributed by atoms with Gasteiger partial charge in [-0.25, -0.2) is 0 Å². The zero-order valence-corrected chi connectivity index (χ0v) is 14.9. The van der Waals surface area contributed by atoms with E-state index in [1.165, 1.54) is 5.56 Å². The van der Waals surface area contributed by atoms with Gasteiger partial charge in [-0.1, -0.05) is 37.6 Å². The van der Waals surface area contributed by atoms with Crippen LogP contribution in [-0.4, -0.2) is 47.2 Å². The maximum absolute atomic E-state index is 10.9. The Morgan fingerprint density at radius 1 is 1.35 bits per heavy atom. The lowest BCUT2D eigenvalue weighted by molar-refractivity contribution is -0.139. The zero-order valence-electron chi connectivity index (χ0n) is 14.1. The normalized spacial score (nSPS) is 23.3. The van der Waals surface area contributed by atoms with Crippen molar-refractivity contribution < 1.29 is 9.90 Å². The fraction of sp³-hybridized carbons (Fsp3) is 0.611. The van der Waals surface area contributed by atoms with Crippen LogP contribution in [0.25, 0.3) is 0 Å². The number of halogens is 1. The van der Waals surface area contributed by atoms with Crippen molar-refractivity contribution in [1.82, 2.24) is 10.2 Å². The van der Waals surface area contributed by atoms with Crippen molar-refractivity contribution in [2.75, 3.05) is 13.1 Å². The number of likely N-dealkylation sites (N-methyl/N-ethyl adjacent to an activating group) is 1. The third-order valence-corrected chi connectivity index (χ3v) is 5.27. The monoisotopic (exact) mass is 338 g/mol. The van der Waals surface area contributed by atoms with Gasteiger partial charge in [0.1, 0.15) is 0 Å². The average Bonchev–Trinajstić information content (AvgIpc) is 2.48. The molecular formula is C18H27ClN2O2. The van der Waals surface area contributed by atoms with Crippen molar-refractivity contribution in [2.45, 2.75) is 57.7 Å². The molecule has 0 bridgehead atoms. The molecule has 0 saturated heterocycles. The van der Waals surface area contributed by atoms with Gasteiger partial charge in [0.25, 0.3) is 0 Å². The standard InChI is InChI=1S/C18H27ClN2O2/c1-4-21(11-18(22)23)17-9-16(10-17)20-13(3)12(2)14-5-7-15(19)8-6-14/h5-8,12-13,16-17,20H,4,9-11H2,1-3H3,(H,22,23). The lowest BCUT2D eigenvalue weighted by atomic mass is 9.83. The van der Waals surface area contributed by atoms with Crippen LogP contribution in [0, 0.1) is 0 Å². The number of carboxylic acid groups (broad SMARTS) is 1. The number of aliphatic carboxylic acids is 1. The fourth-order valence-corrected chi connectivity index (χ4v) is 3.39. The Labute approximate surface area is 143 Å². The molecule has 0 amide bonds. The van der Waals surface area contributed by atoms with E-state index in [1.807, 2.05) is 24.0 Å². The molecule has 5 heteroatoms. The van der Waals surface area contributed by atoms with Crippen molar-refractivity contribution in [3.8, 4) is 0 Å². The lowest BCUT2D eigenvalue weighted by Crippen LogP contribution is -2.55. The molecule has 0 spiro atoms. The number of hydrogen-bond acceptors (Lipinski definition) is 3. The molecule has 1 saturated carbocycles. The van der Waals surface area contributed by atoms with Crippen LogP contribution in [0.4, 0.5) is 0 Å². The number of benzene rings is 1. The highest BCUT2D eigenvalue weighted by Crippen LogP contribution is 2.28. The second kappa shape index (κ2) is 8.13. The number of nitrogens with zero attached hydrogens (tertiary/aromatic N) is 1. The second-order valence-corrected chi connectivity index (χ2v) is 7.01. The van der Waals surface area contributed by atoms with Crippen LogP contribution < -0.4 is 5.32 Å². The van der Waals surface area contributed by atoms with Gasteiger partial charge in [-0.3, -0.25) is 9.69 Å². The minimum atomic E-state index is -0.743. The highest BCUT2D eigenvalue weighted by atomic mass is 35.5. The van der Waals surface area contributed by atoms with Gasteiger partial charge < -0.3 is 10.4 Å². The van der Waals surface area contributed by atoms with Crippen molar-refractivity contribution in [3.05, 3.63) is 34.9 Å². The van der Waals surface area contributed by atoms with E-state index in [0.29, 0.717) is 24.0 Å². The van der Waals surface area contributed by atoms with Crippen LogP contribution >= 0.6 is 11.6 Å². The molecule has 0 aromatic heterocycles. The number of hydrogen-bond donors (Lipinski definition) is 2. The third-order valence-electron chi connectivity index (χ3n) is 5.02. The third kappa shape index (κ3) is 4.93. The van der Waals surface area contributed by atoms with E-state index in [9.17, 15) is 4.79 Å². The minimum Gasteiger partial charge on any atom is -0.480 e. The van der Waals surface area contributed by atoms with E-state index < -0.39 is 5.97 Å². The number of carbonyl (C=O) groups is 1. The topological polar surface area (TPSA) is 52.6 Å². The van der Waals surface area contributed by atoms with Gasteiger partial charge in [0.05, 0.1) is 6.54 Å². The molecule has 4 nitrogen and oxygen atoms in total. The molecular weight excluding hydrogens is 312 g/mol. The number of rotatable bonds is 8. The Bertz CT molecular complexity index is 514. The fourth-order valence-electron chi connectivity index (χ4n) is 3.27. The molecule has 1 aromatic rings. The van der Waals surface area contributed by atoms with Gasteiger partial charge in [0.2, 0.25) is 0 Å². The smallest absolute Gasteiger partial charge is 0.317 e. The Balaban J connectivity index is 1.80. The molecule has 0 radical (unpaired) electrons. The van der Waals surface area contributed by atoms with Gasteiger partial charge in [-0.05, 0) is 49.9 Å². The van der Waals surface area contributed by atoms with Crippen LogP contribution in [0.3, 0.4) is 0 Å². The molecule has 0 heterocycles. The Morgan fingerprint density at radius 3 is 2.48 bits per heavy atom. The van der Waals surface area contributed by atoms with E-state index in [-0.39, 0.29) is 6.54 Å². The van der Waals surface area contributed by atoms with Crippen molar-refractivity contribution in [3.63, 3.8) is 0 Å². The summed E-state index contributed by atoms with van der Waals surface area (Å²) < 4.78 is 0. The largest absolute Gasteiger partial charge is 0.480 e. The Morgan fingerprint density at radius 2 is 1.96 bits per heavy atom. The summed E-state index contributed by atoms with van der Waals surface area (Å²) in [5, 5.41) is 13.4. The van der Waals surface area contributed by atoms with Gasteiger partial charge in [-0.15, -0.1) is 0 Å². The molecule has 1 aliphatic rings. The molecule has 23 heavy (non-hydrogen) atoms. The van der Waals surface area contributed by atoms with Gasteiger partial charge >= 0.3 is 5.97 Å². The summed E-state index contributed by atoms with van der Waals surface area (Å²) in [5.41, 5.74) is 1.28. The van der Waals surface area contributed by atoms with Crippen LogP contribution in [0.5, 0.6) is 0 Å². The molecule has 1 aliphatic carbocycles. The summed E-state index contributed by atoms with van der Waals surface area (Å²) in [6.07, 6.45) is 2.05. The Hall–Kier alpha value is -1.10. The maximum Gasteiger partial charge on any atom is 0.317 e. The Kier molecular flexibility index (Phi) is 6.45. The minimum absolute atomic E-state index is 0.143. The summed E-state index contributed by atoms with van der Waals surface area (Å²) >= 11 is 5.95. The molecule has 2 N–H and O–H groups in total. The predicted molar refractivity (Wildman–Crippen MR) is 94.2 cm³/mol. The van der Waals surface area contributed by atoms with Crippen LogP contribution in [0.1, 0.15) is 45.1 Å². The van der Waals surface area contributed by atoms with E-state index in [4.69, 9.17) is 16.7 Å². The molecule has 128 valence electrons. The van der Waals surface area contributed by atoms with E-state index in [0.717, 1.165) is 24.4 Å². The zero-order chi connectivity index (χ0) is 17.0. The van der Waals surface area contributed by atoms with Gasteiger partial charge in [0, 0.05) is 23.1 Å². The van der Waals surface area contributed by atoms with Crippen LogP contribution in [0.15, 0.2) is 24.3 Å². The summed E-state index contributed by atoms with van der Waals surface area (Å²) in [6.45, 7) is 7.39. The first-order valence-electron chi connectivity index (χ1n) is 8.38. The van der Waals surface area contributed by atoms with E-state index in [2.05, 4.69) is 31.3 Å². The quantitative estimate of drug-likeness (QED) is 0.763. The van der Waals surface area contributed by atoms with Crippen molar-refractivity contribution in [2.24, 2.45) is 0 Å². The van der Waals surface area contributed by atoms with Gasteiger partial charge in [0.15, 0.2) is 0 Å². The SMILES string of the molecule is CCN(CC(=O)O)C1CC(NC(C)C(C)c2ccc(Cl)cc2)C1. The van der Waals surface area contributed by atoms with Crippen LogP contribution in [0.2, 0.25) is 5.02 Å². The molecule has 1 aromatic carbocycles. The predicted octanol–water partition coefficient (Wildman–Crippen LogP) is 3.36. The van der Waals surface area contributed by atoms with E-state index >= 15 is 0 Å². The summed E-state index contributed by atoms with van der Waals surface area (Å²) in [4.78, 5) is 12.9. The molecule has 1 fully saturated rings. The van der Waals surface area contributed by atoms with Crippen molar-refractivity contribution in [1.29, 1.82) is 0 Å². The van der Waals surface area contributed by atoms with Crippen LogP contribution in [-0.2, 0) is 4.79 Å². The summed E-state index contributed by atoms with van der Waals surface area (Å²) in [7, 11) is 0. The van der Waals surface area contributed by atoms with Gasteiger partial charge in [-0.2, -0.15) is 0 Å². The average molecular weight is 339 g/mol. The molecule has 2 rings (SSSR count). The first kappa shape index (κ1) is 18.2. The first-order valence-corrected chi connectivity index (χ1v) is 8.75. The second-order valence-electron chi connectivity index (χ2n) is 6.57. The summed E-state index contributed by atoms with van der Waals surface area (Å²) in [6, 6.07) is 9.28. The summed E-state index contributed by atoms with van der Waals surface area (Å²) in [5.74, 6) is -0.333.